The van der Waals surface area contributed by atoms with Gasteiger partial charge in [-0.25, -0.2) is 0 Å². The maximum absolute atomic E-state index is 4.63. The summed E-state index contributed by atoms with van der Waals surface area (Å²) in [6, 6.07) is 0.769. The molecular weight excluding hydrogens is 383 g/mol. The standard InChI is InChI=1S/C19H34N6.2ClH/c1-23-18(15-24-11-3-2-4-12-24)21-22-19(23)16-6-5-13-25(14-16)17-7-9-20-10-8-17;;/h16-17,20H,2-15H2,1H3;2*1H. The van der Waals surface area contributed by atoms with Crippen LogP contribution in [0.1, 0.15) is 62.5 Å². The van der Waals surface area contributed by atoms with Crippen molar-refractivity contribution in [3.05, 3.63) is 11.6 Å². The lowest BCUT2D eigenvalue weighted by molar-refractivity contribution is 0.120. The third-order valence-corrected chi connectivity index (χ3v) is 6.46. The number of piperidine rings is 3. The van der Waals surface area contributed by atoms with Gasteiger partial charge in [0.1, 0.15) is 11.6 Å². The molecule has 8 heteroatoms. The topological polar surface area (TPSA) is 49.2 Å². The summed E-state index contributed by atoms with van der Waals surface area (Å²) in [5.41, 5.74) is 0. The van der Waals surface area contributed by atoms with E-state index in [0.29, 0.717) is 5.92 Å². The molecule has 1 N–H and O–H groups in total. The normalized spacial score (nSPS) is 25.6. The number of halogens is 2. The van der Waals surface area contributed by atoms with Crippen LogP contribution in [0.4, 0.5) is 0 Å². The molecule has 27 heavy (non-hydrogen) atoms. The number of nitrogens with zero attached hydrogens (tertiary/aromatic N) is 5. The summed E-state index contributed by atoms with van der Waals surface area (Å²) < 4.78 is 2.30. The van der Waals surface area contributed by atoms with Crippen LogP contribution in [0.15, 0.2) is 0 Å². The molecular formula is C19H36Cl2N6. The first-order chi connectivity index (χ1) is 12.3. The van der Waals surface area contributed by atoms with E-state index >= 15 is 0 Å². The Kier molecular flexibility index (Phi) is 9.29. The summed E-state index contributed by atoms with van der Waals surface area (Å²) in [5, 5.41) is 12.7. The summed E-state index contributed by atoms with van der Waals surface area (Å²) in [7, 11) is 2.18. The van der Waals surface area contributed by atoms with Crippen LogP contribution in [-0.2, 0) is 13.6 Å². The molecule has 1 atom stereocenters. The minimum absolute atomic E-state index is 0. The smallest absolute Gasteiger partial charge is 0.146 e. The molecule has 0 aliphatic carbocycles. The molecule has 0 amide bonds. The maximum Gasteiger partial charge on any atom is 0.146 e. The molecule has 0 spiro atoms. The molecule has 156 valence electrons. The zero-order chi connectivity index (χ0) is 17.1. The molecule has 1 aromatic heterocycles. The van der Waals surface area contributed by atoms with Crippen molar-refractivity contribution in [2.24, 2.45) is 7.05 Å². The summed E-state index contributed by atoms with van der Waals surface area (Å²) in [6.07, 6.45) is 9.20. The lowest BCUT2D eigenvalue weighted by Crippen LogP contribution is -2.47. The fourth-order valence-corrected chi connectivity index (χ4v) is 4.91. The van der Waals surface area contributed by atoms with E-state index in [1.165, 1.54) is 90.0 Å². The molecule has 3 aliphatic rings. The van der Waals surface area contributed by atoms with Crippen LogP contribution in [0.3, 0.4) is 0 Å². The van der Waals surface area contributed by atoms with E-state index in [0.717, 1.165) is 18.4 Å². The average molecular weight is 419 g/mol. The van der Waals surface area contributed by atoms with Gasteiger partial charge >= 0.3 is 0 Å². The van der Waals surface area contributed by atoms with Gasteiger partial charge in [-0.1, -0.05) is 6.42 Å². The highest BCUT2D eigenvalue weighted by Gasteiger charge is 2.30. The molecule has 0 saturated carbocycles. The van der Waals surface area contributed by atoms with Gasteiger partial charge < -0.3 is 9.88 Å². The molecule has 0 aromatic carbocycles. The van der Waals surface area contributed by atoms with Crippen molar-refractivity contribution in [1.82, 2.24) is 29.9 Å². The van der Waals surface area contributed by atoms with Crippen LogP contribution < -0.4 is 5.32 Å². The minimum Gasteiger partial charge on any atom is -0.317 e. The molecule has 4 rings (SSSR count). The van der Waals surface area contributed by atoms with E-state index in [1.54, 1.807) is 0 Å². The lowest BCUT2D eigenvalue weighted by Gasteiger charge is -2.39. The van der Waals surface area contributed by atoms with Crippen molar-refractivity contribution < 1.29 is 0 Å². The van der Waals surface area contributed by atoms with Crippen molar-refractivity contribution in [3.63, 3.8) is 0 Å². The van der Waals surface area contributed by atoms with Gasteiger partial charge in [-0.2, -0.15) is 0 Å². The Balaban J connectivity index is 0.00000131. The number of rotatable bonds is 4. The van der Waals surface area contributed by atoms with Crippen LogP contribution in [0, 0.1) is 0 Å². The third kappa shape index (κ3) is 5.57. The van der Waals surface area contributed by atoms with Gasteiger partial charge in [0, 0.05) is 25.6 Å². The number of hydrogen-bond donors (Lipinski definition) is 1. The molecule has 1 aromatic rings. The monoisotopic (exact) mass is 418 g/mol. The highest BCUT2D eigenvalue weighted by Crippen LogP contribution is 2.29. The number of nitrogens with one attached hydrogen (secondary N) is 1. The molecule has 3 saturated heterocycles. The molecule has 3 aliphatic heterocycles. The zero-order valence-corrected chi connectivity index (χ0v) is 18.2. The predicted octanol–water partition coefficient (Wildman–Crippen LogP) is 2.58. The first kappa shape index (κ1) is 22.9. The Bertz CT molecular complexity index is 554. The highest BCUT2D eigenvalue weighted by atomic mass is 35.5. The second-order valence-corrected chi connectivity index (χ2v) is 8.19. The molecule has 6 nitrogen and oxygen atoms in total. The van der Waals surface area contributed by atoms with Gasteiger partial charge in [0.05, 0.1) is 6.54 Å². The van der Waals surface area contributed by atoms with E-state index < -0.39 is 0 Å². The lowest BCUT2D eigenvalue weighted by atomic mass is 9.93. The second-order valence-electron chi connectivity index (χ2n) is 8.19. The largest absolute Gasteiger partial charge is 0.317 e. The Morgan fingerprint density at radius 3 is 2.41 bits per heavy atom. The molecule has 1 unspecified atom stereocenters. The highest BCUT2D eigenvalue weighted by molar-refractivity contribution is 5.85. The van der Waals surface area contributed by atoms with Gasteiger partial charge in [0.15, 0.2) is 0 Å². The summed E-state index contributed by atoms with van der Waals surface area (Å²) >= 11 is 0. The molecule has 0 radical (unpaired) electrons. The van der Waals surface area contributed by atoms with Crippen molar-refractivity contribution in [3.8, 4) is 0 Å². The fourth-order valence-electron chi connectivity index (χ4n) is 4.91. The van der Waals surface area contributed by atoms with Crippen molar-refractivity contribution >= 4 is 24.8 Å². The summed E-state index contributed by atoms with van der Waals surface area (Å²) in [5.74, 6) is 2.91. The predicted molar refractivity (Wildman–Crippen MR) is 114 cm³/mol. The first-order valence-corrected chi connectivity index (χ1v) is 10.4. The van der Waals surface area contributed by atoms with Crippen molar-refractivity contribution in [2.45, 2.75) is 63.5 Å². The number of aromatic nitrogens is 3. The van der Waals surface area contributed by atoms with Crippen LogP contribution in [0.25, 0.3) is 0 Å². The second kappa shape index (κ2) is 11.0. The van der Waals surface area contributed by atoms with Gasteiger partial charge in [0.2, 0.25) is 0 Å². The summed E-state index contributed by atoms with van der Waals surface area (Å²) in [4.78, 5) is 5.27. The van der Waals surface area contributed by atoms with Crippen LogP contribution >= 0.6 is 24.8 Å². The van der Waals surface area contributed by atoms with Gasteiger partial charge in [-0.3, -0.25) is 9.80 Å². The van der Waals surface area contributed by atoms with Crippen molar-refractivity contribution in [2.75, 3.05) is 39.3 Å². The molecule has 3 fully saturated rings. The minimum atomic E-state index is 0. The third-order valence-electron chi connectivity index (χ3n) is 6.46. The van der Waals surface area contributed by atoms with Crippen molar-refractivity contribution in [1.29, 1.82) is 0 Å². The molecule has 4 heterocycles. The summed E-state index contributed by atoms with van der Waals surface area (Å²) in [6.45, 7) is 8.18. The number of likely N-dealkylation sites (tertiary alicyclic amines) is 2. The van der Waals surface area contributed by atoms with E-state index in [-0.39, 0.29) is 24.8 Å². The Morgan fingerprint density at radius 2 is 1.67 bits per heavy atom. The van der Waals surface area contributed by atoms with E-state index in [1.807, 2.05) is 0 Å². The Morgan fingerprint density at radius 1 is 0.926 bits per heavy atom. The van der Waals surface area contributed by atoms with Gasteiger partial charge in [0.25, 0.3) is 0 Å². The zero-order valence-electron chi connectivity index (χ0n) is 16.6. The van der Waals surface area contributed by atoms with Crippen LogP contribution in [-0.4, -0.2) is 69.9 Å². The SMILES string of the molecule is Cl.Cl.Cn1c(CN2CCCCC2)nnc1C1CCCN(C2CCNCC2)C1. The van der Waals surface area contributed by atoms with E-state index in [2.05, 4.69) is 36.9 Å². The molecule has 0 bridgehead atoms. The number of hydrogen-bond acceptors (Lipinski definition) is 5. The van der Waals surface area contributed by atoms with Gasteiger partial charge in [-0.05, 0) is 71.2 Å². The van der Waals surface area contributed by atoms with Crippen LogP contribution in [0.5, 0.6) is 0 Å². The first-order valence-electron chi connectivity index (χ1n) is 10.4. The Labute approximate surface area is 176 Å². The van der Waals surface area contributed by atoms with E-state index in [4.69, 9.17) is 0 Å². The maximum atomic E-state index is 4.63. The Hall–Kier alpha value is -0.400. The van der Waals surface area contributed by atoms with Gasteiger partial charge in [-0.15, -0.1) is 35.0 Å². The van der Waals surface area contributed by atoms with Crippen LogP contribution in [0.2, 0.25) is 0 Å². The fraction of sp³-hybridized carbons (Fsp3) is 0.895. The quantitative estimate of drug-likeness (QED) is 0.813. The average Bonchev–Trinajstić information content (AvgIpc) is 3.04. The van der Waals surface area contributed by atoms with E-state index in [9.17, 15) is 0 Å².